The van der Waals surface area contributed by atoms with Crippen LogP contribution in [0.4, 0.5) is 24.8 Å². The molecule has 5 nitrogen and oxygen atoms in total. The van der Waals surface area contributed by atoms with Crippen LogP contribution in [0.25, 0.3) is 22.5 Å². The number of anilines is 2. The van der Waals surface area contributed by atoms with Crippen molar-refractivity contribution in [2.45, 2.75) is 6.18 Å². The quantitative estimate of drug-likeness (QED) is 0.328. The van der Waals surface area contributed by atoms with Crippen molar-refractivity contribution in [1.29, 1.82) is 0 Å². The van der Waals surface area contributed by atoms with Gasteiger partial charge in [0, 0.05) is 21.8 Å². The van der Waals surface area contributed by atoms with E-state index in [1.165, 1.54) is 12.1 Å². The number of nitrogens with one attached hydrogen (secondary N) is 2. The van der Waals surface area contributed by atoms with Gasteiger partial charge in [-0.3, -0.25) is 10.1 Å². The molecule has 1 aromatic heterocycles. The van der Waals surface area contributed by atoms with E-state index < -0.39 is 17.6 Å². The van der Waals surface area contributed by atoms with Crippen LogP contribution in [0, 0.1) is 0 Å². The standard InChI is InChI=1S/C25H18ClF3N4O/c26-19-11-9-17(10-12-19)22-14-21(16-5-2-1-3-6-16)31-24(32-22)33-23(34)15-30-20-8-4-7-18(13-20)25(27,28)29/h1-14,30H,15H2,(H,31,32,33,34). The second kappa shape index (κ2) is 9.93. The summed E-state index contributed by atoms with van der Waals surface area (Å²) in [7, 11) is 0. The lowest BCUT2D eigenvalue weighted by atomic mass is 10.1. The molecule has 2 N–H and O–H groups in total. The molecule has 1 amide bonds. The molecule has 9 heteroatoms. The van der Waals surface area contributed by atoms with E-state index in [0.717, 1.165) is 23.3 Å². The van der Waals surface area contributed by atoms with Crippen LogP contribution in [0.2, 0.25) is 5.02 Å². The van der Waals surface area contributed by atoms with E-state index in [-0.39, 0.29) is 18.2 Å². The molecule has 0 aliphatic heterocycles. The summed E-state index contributed by atoms with van der Waals surface area (Å²) in [6.07, 6.45) is -4.47. The zero-order valence-corrected chi connectivity index (χ0v) is 18.4. The van der Waals surface area contributed by atoms with Crippen LogP contribution >= 0.6 is 11.6 Å². The number of carbonyl (C=O) groups is 1. The van der Waals surface area contributed by atoms with Gasteiger partial charge in [0.05, 0.1) is 23.5 Å². The van der Waals surface area contributed by atoms with Crippen molar-refractivity contribution in [3.8, 4) is 22.5 Å². The number of aromatic nitrogens is 2. The van der Waals surface area contributed by atoms with Gasteiger partial charge in [0.1, 0.15) is 0 Å². The first-order valence-electron chi connectivity index (χ1n) is 10.2. The summed E-state index contributed by atoms with van der Waals surface area (Å²) in [5, 5.41) is 5.89. The molecule has 4 aromatic rings. The molecule has 0 bridgehead atoms. The number of carbonyl (C=O) groups excluding carboxylic acids is 1. The van der Waals surface area contributed by atoms with Gasteiger partial charge in [0.2, 0.25) is 11.9 Å². The van der Waals surface area contributed by atoms with E-state index in [4.69, 9.17) is 11.6 Å². The smallest absolute Gasteiger partial charge is 0.376 e. The van der Waals surface area contributed by atoms with Gasteiger partial charge in [-0.15, -0.1) is 0 Å². The van der Waals surface area contributed by atoms with E-state index in [1.807, 2.05) is 30.3 Å². The molecule has 0 unspecified atom stereocenters. The van der Waals surface area contributed by atoms with E-state index in [9.17, 15) is 18.0 Å². The Kier molecular flexibility index (Phi) is 6.79. The lowest BCUT2D eigenvalue weighted by Crippen LogP contribution is -2.23. The number of rotatable bonds is 6. The van der Waals surface area contributed by atoms with Gasteiger partial charge < -0.3 is 5.32 Å². The van der Waals surface area contributed by atoms with Crippen molar-refractivity contribution in [3.63, 3.8) is 0 Å². The van der Waals surface area contributed by atoms with Gasteiger partial charge in [0.15, 0.2) is 0 Å². The lowest BCUT2D eigenvalue weighted by molar-refractivity contribution is -0.137. The molecule has 34 heavy (non-hydrogen) atoms. The minimum absolute atomic E-state index is 0.0714. The summed E-state index contributed by atoms with van der Waals surface area (Å²) in [4.78, 5) is 21.4. The van der Waals surface area contributed by atoms with Crippen molar-refractivity contribution in [1.82, 2.24) is 9.97 Å². The van der Waals surface area contributed by atoms with Gasteiger partial charge in [-0.05, 0) is 36.4 Å². The van der Waals surface area contributed by atoms with Gasteiger partial charge in [0.25, 0.3) is 0 Å². The van der Waals surface area contributed by atoms with Crippen LogP contribution in [0.15, 0.2) is 84.9 Å². The summed E-state index contributed by atoms with van der Waals surface area (Å²) >= 11 is 5.99. The topological polar surface area (TPSA) is 66.9 Å². The average Bonchev–Trinajstić information content (AvgIpc) is 2.83. The highest BCUT2D eigenvalue weighted by Gasteiger charge is 2.30. The minimum Gasteiger partial charge on any atom is -0.376 e. The summed E-state index contributed by atoms with van der Waals surface area (Å²) in [6, 6.07) is 22.9. The summed E-state index contributed by atoms with van der Waals surface area (Å²) in [6.45, 7) is -0.267. The third-order valence-electron chi connectivity index (χ3n) is 4.83. The Morgan fingerprint density at radius 1 is 0.824 bits per heavy atom. The molecule has 1 heterocycles. The summed E-state index contributed by atoms with van der Waals surface area (Å²) in [5.74, 6) is -0.438. The number of hydrogen-bond acceptors (Lipinski definition) is 4. The Bertz CT molecular complexity index is 1300. The van der Waals surface area contributed by atoms with Crippen molar-refractivity contribution in [3.05, 3.63) is 95.5 Å². The van der Waals surface area contributed by atoms with E-state index in [2.05, 4.69) is 20.6 Å². The number of amides is 1. The molecule has 3 aromatic carbocycles. The maximum atomic E-state index is 12.9. The molecule has 0 aliphatic carbocycles. The van der Waals surface area contributed by atoms with Gasteiger partial charge in [-0.2, -0.15) is 13.2 Å². The first kappa shape index (κ1) is 23.3. The fraction of sp³-hybridized carbons (Fsp3) is 0.0800. The maximum absolute atomic E-state index is 12.9. The molecule has 0 aliphatic rings. The second-order valence-electron chi connectivity index (χ2n) is 7.32. The Hall–Kier alpha value is -3.91. The van der Waals surface area contributed by atoms with E-state index in [0.29, 0.717) is 16.4 Å². The maximum Gasteiger partial charge on any atom is 0.416 e. The van der Waals surface area contributed by atoms with Crippen LogP contribution in [0.1, 0.15) is 5.56 Å². The molecular weight excluding hydrogens is 465 g/mol. The molecule has 0 atom stereocenters. The highest BCUT2D eigenvalue weighted by Crippen LogP contribution is 2.30. The first-order valence-corrected chi connectivity index (χ1v) is 10.6. The molecule has 4 rings (SSSR count). The number of alkyl halides is 3. The fourth-order valence-electron chi connectivity index (χ4n) is 3.19. The van der Waals surface area contributed by atoms with Crippen LogP contribution in [0.3, 0.4) is 0 Å². The fourth-order valence-corrected chi connectivity index (χ4v) is 3.31. The number of nitrogens with zero attached hydrogens (tertiary/aromatic N) is 2. The Labute approximate surface area is 198 Å². The average molecular weight is 483 g/mol. The normalized spacial score (nSPS) is 11.2. The lowest BCUT2D eigenvalue weighted by Gasteiger charge is -2.12. The zero-order chi connectivity index (χ0) is 24.1. The van der Waals surface area contributed by atoms with Crippen LogP contribution < -0.4 is 10.6 Å². The zero-order valence-electron chi connectivity index (χ0n) is 17.6. The number of halogens is 4. The van der Waals surface area contributed by atoms with Crippen molar-refractivity contribution in [2.24, 2.45) is 0 Å². The largest absolute Gasteiger partial charge is 0.416 e. The Morgan fingerprint density at radius 2 is 1.47 bits per heavy atom. The predicted molar refractivity (Wildman–Crippen MR) is 126 cm³/mol. The molecule has 0 saturated heterocycles. The molecule has 0 spiro atoms. The van der Waals surface area contributed by atoms with Crippen LogP contribution in [-0.4, -0.2) is 22.4 Å². The summed E-state index contributed by atoms with van der Waals surface area (Å²) in [5.41, 5.74) is 2.16. The van der Waals surface area contributed by atoms with Gasteiger partial charge >= 0.3 is 6.18 Å². The van der Waals surface area contributed by atoms with Crippen molar-refractivity contribution < 1.29 is 18.0 Å². The van der Waals surface area contributed by atoms with Crippen molar-refractivity contribution >= 4 is 29.1 Å². The summed E-state index contributed by atoms with van der Waals surface area (Å²) < 4.78 is 38.7. The van der Waals surface area contributed by atoms with Gasteiger partial charge in [-0.25, -0.2) is 9.97 Å². The Morgan fingerprint density at radius 3 is 2.12 bits per heavy atom. The van der Waals surface area contributed by atoms with Crippen molar-refractivity contribution in [2.75, 3.05) is 17.2 Å². The number of benzene rings is 3. The predicted octanol–water partition coefficient (Wildman–Crippen LogP) is 6.53. The second-order valence-corrected chi connectivity index (χ2v) is 7.75. The SMILES string of the molecule is O=C(CNc1cccc(C(F)(F)F)c1)Nc1nc(-c2ccccc2)cc(-c2ccc(Cl)cc2)n1. The van der Waals surface area contributed by atoms with Gasteiger partial charge in [-0.1, -0.05) is 60.1 Å². The molecule has 0 fully saturated rings. The highest BCUT2D eigenvalue weighted by molar-refractivity contribution is 6.30. The molecule has 172 valence electrons. The Balaban J connectivity index is 1.55. The first-order chi connectivity index (χ1) is 16.3. The van der Waals surface area contributed by atoms with Crippen LogP contribution in [-0.2, 0) is 11.0 Å². The van der Waals surface area contributed by atoms with E-state index in [1.54, 1.807) is 30.3 Å². The molecule has 0 radical (unpaired) electrons. The number of hydrogen-bond donors (Lipinski definition) is 2. The third-order valence-corrected chi connectivity index (χ3v) is 5.08. The monoisotopic (exact) mass is 482 g/mol. The van der Waals surface area contributed by atoms with Crippen LogP contribution in [0.5, 0.6) is 0 Å². The molecule has 0 saturated carbocycles. The highest BCUT2D eigenvalue weighted by atomic mass is 35.5. The minimum atomic E-state index is -4.47. The van der Waals surface area contributed by atoms with E-state index >= 15 is 0 Å². The molecular formula is C25H18ClF3N4O. The third kappa shape index (κ3) is 5.90.